The highest BCUT2D eigenvalue weighted by atomic mass is 32.2. The van der Waals surface area contributed by atoms with Gasteiger partial charge in [-0.1, -0.05) is 0 Å². The first-order valence-corrected chi connectivity index (χ1v) is 11.9. The number of nitrogens with zero attached hydrogens (tertiary/aromatic N) is 2. The SMILES string of the molecule is COc1ccc(C(=O)N2CN(C3CCS(=O)(=O)C3)Cc3c2sc(C)c3C)cc1. The van der Waals surface area contributed by atoms with Gasteiger partial charge >= 0.3 is 0 Å². The molecule has 0 N–H and O–H groups in total. The van der Waals surface area contributed by atoms with E-state index >= 15 is 0 Å². The van der Waals surface area contributed by atoms with Crippen LogP contribution in [0.25, 0.3) is 0 Å². The maximum Gasteiger partial charge on any atom is 0.260 e. The Morgan fingerprint density at radius 3 is 2.54 bits per heavy atom. The normalized spacial score (nSPS) is 21.5. The molecule has 3 heterocycles. The van der Waals surface area contributed by atoms with E-state index in [9.17, 15) is 13.2 Å². The van der Waals surface area contributed by atoms with Crippen molar-refractivity contribution >= 4 is 32.1 Å². The highest BCUT2D eigenvalue weighted by molar-refractivity contribution is 7.91. The van der Waals surface area contributed by atoms with Gasteiger partial charge in [-0.25, -0.2) is 8.42 Å². The Hall–Kier alpha value is -1.90. The molecule has 0 spiro atoms. The topological polar surface area (TPSA) is 66.9 Å². The van der Waals surface area contributed by atoms with Gasteiger partial charge < -0.3 is 4.74 Å². The average Bonchev–Trinajstić information content (AvgIpc) is 3.19. The van der Waals surface area contributed by atoms with Crippen LogP contribution in [0.2, 0.25) is 0 Å². The molecular weight excluding hydrogens is 396 g/mol. The van der Waals surface area contributed by atoms with Gasteiger partial charge in [-0.05, 0) is 50.1 Å². The first-order chi connectivity index (χ1) is 13.3. The molecule has 28 heavy (non-hydrogen) atoms. The van der Waals surface area contributed by atoms with Crippen LogP contribution in [0, 0.1) is 13.8 Å². The van der Waals surface area contributed by atoms with Gasteiger partial charge in [0.25, 0.3) is 5.91 Å². The summed E-state index contributed by atoms with van der Waals surface area (Å²) in [6.45, 7) is 5.25. The van der Waals surface area contributed by atoms with Gasteiger partial charge in [0.2, 0.25) is 0 Å². The smallest absolute Gasteiger partial charge is 0.260 e. The van der Waals surface area contributed by atoms with Crippen molar-refractivity contribution in [2.45, 2.75) is 32.9 Å². The van der Waals surface area contributed by atoms with E-state index in [1.54, 1.807) is 47.6 Å². The van der Waals surface area contributed by atoms with Crippen LogP contribution in [0.1, 0.15) is 32.8 Å². The third kappa shape index (κ3) is 3.44. The Morgan fingerprint density at radius 1 is 1.21 bits per heavy atom. The second kappa shape index (κ2) is 7.17. The summed E-state index contributed by atoms with van der Waals surface area (Å²) in [5.74, 6) is 1.04. The van der Waals surface area contributed by atoms with E-state index in [4.69, 9.17) is 4.74 Å². The van der Waals surface area contributed by atoms with Gasteiger partial charge in [-0.2, -0.15) is 0 Å². The Bertz CT molecular complexity index is 1010. The second-order valence-corrected chi connectivity index (χ2v) is 10.9. The lowest BCUT2D eigenvalue weighted by molar-refractivity contribution is 0.0945. The van der Waals surface area contributed by atoms with Gasteiger partial charge in [-0.3, -0.25) is 14.6 Å². The molecule has 1 unspecified atom stereocenters. The molecule has 8 heteroatoms. The number of carbonyl (C=O) groups excluding carboxylic acids is 1. The van der Waals surface area contributed by atoms with Crippen molar-refractivity contribution in [1.29, 1.82) is 0 Å². The molecule has 4 rings (SSSR count). The van der Waals surface area contributed by atoms with Crippen molar-refractivity contribution in [3.8, 4) is 5.75 Å². The van der Waals surface area contributed by atoms with E-state index in [1.165, 1.54) is 10.4 Å². The van der Waals surface area contributed by atoms with Crippen LogP contribution >= 0.6 is 11.3 Å². The van der Waals surface area contributed by atoms with E-state index < -0.39 is 9.84 Å². The molecule has 1 saturated heterocycles. The van der Waals surface area contributed by atoms with Crippen molar-refractivity contribution in [1.82, 2.24) is 4.90 Å². The summed E-state index contributed by atoms with van der Waals surface area (Å²) < 4.78 is 29.1. The Kier molecular flexibility index (Phi) is 4.97. The van der Waals surface area contributed by atoms with Gasteiger partial charge in [0.05, 0.1) is 25.3 Å². The lowest BCUT2D eigenvalue weighted by Gasteiger charge is -2.38. The number of hydrogen-bond donors (Lipinski definition) is 0. The standard InChI is InChI=1S/C20H24N2O4S2/c1-13-14(2)27-20-18(13)10-21(16-8-9-28(24,25)11-16)12-22(20)19(23)15-4-6-17(26-3)7-5-15/h4-7,16H,8-12H2,1-3H3. The Labute approximate surface area is 169 Å². The summed E-state index contributed by atoms with van der Waals surface area (Å²) >= 11 is 1.64. The van der Waals surface area contributed by atoms with Crippen molar-refractivity contribution < 1.29 is 17.9 Å². The molecular formula is C20H24N2O4S2. The van der Waals surface area contributed by atoms with Gasteiger partial charge in [0.15, 0.2) is 9.84 Å². The highest BCUT2D eigenvalue weighted by Crippen LogP contribution is 2.41. The highest BCUT2D eigenvalue weighted by Gasteiger charge is 2.38. The number of amides is 1. The number of hydrogen-bond acceptors (Lipinski definition) is 6. The van der Waals surface area contributed by atoms with Crippen LogP contribution in [0.15, 0.2) is 24.3 Å². The third-order valence-electron chi connectivity index (χ3n) is 5.73. The predicted octanol–water partition coefficient (Wildman–Crippen LogP) is 2.98. The Morgan fingerprint density at radius 2 is 1.93 bits per heavy atom. The van der Waals surface area contributed by atoms with Crippen LogP contribution < -0.4 is 9.64 Å². The molecule has 0 saturated carbocycles. The first kappa shape index (κ1) is 19.4. The number of sulfone groups is 1. The summed E-state index contributed by atoms with van der Waals surface area (Å²) in [5, 5.41) is 0.980. The minimum Gasteiger partial charge on any atom is -0.497 e. The lowest BCUT2D eigenvalue weighted by Crippen LogP contribution is -2.49. The molecule has 2 aliphatic rings. The van der Waals surface area contributed by atoms with Crippen LogP contribution in [-0.2, 0) is 16.4 Å². The van der Waals surface area contributed by atoms with Crippen molar-refractivity contribution in [3.05, 3.63) is 45.8 Å². The molecule has 1 aromatic carbocycles. The van der Waals surface area contributed by atoms with Gasteiger partial charge in [0.1, 0.15) is 10.8 Å². The monoisotopic (exact) mass is 420 g/mol. The van der Waals surface area contributed by atoms with Crippen molar-refractivity contribution in [2.24, 2.45) is 0 Å². The van der Waals surface area contributed by atoms with Gasteiger partial charge in [-0.15, -0.1) is 11.3 Å². The zero-order valence-corrected chi connectivity index (χ0v) is 17.9. The number of thiophene rings is 1. The predicted molar refractivity (Wildman–Crippen MR) is 111 cm³/mol. The van der Waals surface area contributed by atoms with Crippen LogP contribution in [0.5, 0.6) is 5.75 Å². The minimum atomic E-state index is -2.98. The largest absolute Gasteiger partial charge is 0.497 e. The number of rotatable bonds is 3. The summed E-state index contributed by atoms with van der Waals surface area (Å²) in [6.07, 6.45) is 0.629. The minimum absolute atomic E-state index is 0.0380. The maximum atomic E-state index is 13.3. The molecule has 1 fully saturated rings. The molecule has 1 amide bonds. The number of methoxy groups -OCH3 is 1. The second-order valence-electron chi connectivity index (χ2n) is 7.47. The summed E-state index contributed by atoms with van der Waals surface area (Å²) in [7, 11) is -1.39. The zero-order chi connectivity index (χ0) is 20.1. The molecule has 0 radical (unpaired) electrons. The van der Waals surface area contributed by atoms with Crippen molar-refractivity contribution in [3.63, 3.8) is 0 Å². The number of aryl methyl sites for hydroxylation is 1. The van der Waals surface area contributed by atoms with E-state index in [0.29, 0.717) is 30.9 Å². The number of anilines is 1. The van der Waals surface area contributed by atoms with E-state index in [0.717, 1.165) is 10.6 Å². The summed E-state index contributed by atoms with van der Waals surface area (Å²) in [6, 6.07) is 7.07. The summed E-state index contributed by atoms with van der Waals surface area (Å²) in [5.41, 5.74) is 2.93. The molecule has 2 aromatic rings. The Balaban J connectivity index is 1.68. The van der Waals surface area contributed by atoms with E-state index in [2.05, 4.69) is 18.7 Å². The van der Waals surface area contributed by atoms with Crippen LogP contribution in [-0.4, -0.2) is 50.6 Å². The fourth-order valence-corrected chi connectivity index (χ4v) is 6.83. The molecule has 2 aliphatic heterocycles. The summed E-state index contributed by atoms with van der Waals surface area (Å²) in [4.78, 5) is 18.5. The number of fused-ring (bicyclic) bond motifs is 1. The molecule has 6 nitrogen and oxygen atoms in total. The quantitative estimate of drug-likeness (QED) is 0.764. The number of carbonyl (C=O) groups is 1. The van der Waals surface area contributed by atoms with Crippen molar-refractivity contribution in [2.75, 3.05) is 30.2 Å². The first-order valence-electron chi connectivity index (χ1n) is 9.28. The molecule has 1 aromatic heterocycles. The van der Waals surface area contributed by atoms with E-state index in [1.807, 2.05) is 0 Å². The number of benzene rings is 1. The van der Waals surface area contributed by atoms with Gasteiger partial charge in [0, 0.05) is 28.6 Å². The fourth-order valence-electron chi connectivity index (χ4n) is 3.91. The fraction of sp³-hybridized carbons (Fsp3) is 0.450. The maximum absolute atomic E-state index is 13.3. The van der Waals surface area contributed by atoms with E-state index in [-0.39, 0.29) is 23.5 Å². The number of ether oxygens (including phenoxy) is 1. The zero-order valence-electron chi connectivity index (χ0n) is 16.3. The molecule has 150 valence electrons. The third-order valence-corrected chi connectivity index (χ3v) is 8.75. The molecule has 0 bridgehead atoms. The van der Waals surface area contributed by atoms with Crippen LogP contribution in [0.4, 0.5) is 5.00 Å². The van der Waals surface area contributed by atoms with Crippen LogP contribution in [0.3, 0.4) is 0 Å². The molecule has 1 atom stereocenters. The molecule has 0 aliphatic carbocycles. The average molecular weight is 421 g/mol. The lowest BCUT2D eigenvalue weighted by atomic mass is 10.1.